The molecule has 0 aromatic heterocycles. The van der Waals surface area contributed by atoms with E-state index in [1.807, 2.05) is 6.92 Å². The number of imide groups is 2. The van der Waals surface area contributed by atoms with Crippen LogP contribution >= 0.6 is 0 Å². The van der Waals surface area contributed by atoms with Gasteiger partial charge in [-0.15, -0.1) is 0 Å². The largest absolute Gasteiger partial charge is 0.443 e. The number of rotatable bonds is 6. The zero-order chi connectivity index (χ0) is 21.3. The molecule has 3 atom stereocenters. The summed E-state index contributed by atoms with van der Waals surface area (Å²) in [5, 5.41) is 0. The Morgan fingerprint density at radius 1 is 1.17 bits per heavy atom. The number of nitrogens with zero attached hydrogens (tertiary/aromatic N) is 2. The molecule has 9 nitrogen and oxygen atoms in total. The molecular weight excluding hydrogens is 378 g/mol. The molecule has 1 aromatic carbocycles. The van der Waals surface area contributed by atoms with Crippen molar-refractivity contribution in [2.75, 3.05) is 6.73 Å². The number of likely N-dealkylation sites (tertiary alicyclic amines) is 1. The minimum absolute atomic E-state index is 0.0277. The predicted octanol–water partition coefficient (Wildman–Crippen LogP) is 0.674. The minimum atomic E-state index is -1.12. The van der Waals surface area contributed by atoms with Gasteiger partial charge in [-0.1, -0.05) is 32.4 Å². The summed E-state index contributed by atoms with van der Waals surface area (Å²) in [4.78, 5) is 64.1. The van der Waals surface area contributed by atoms with Gasteiger partial charge >= 0.3 is 5.97 Å². The molecule has 29 heavy (non-hydrogen) atoms. The van der Waals surface area contributed by atoms with Crippen molar-refractivity contribution in [3.63, 3.8) is 0 Å². The van der Waals surface area contributed by atoms with Crippen LogP contribution in [0.15, 0.2) is 24.3 Å². The van der Waals surface area contributed by atoms with Crippen LogP contribution < -0.4 is 5.73 Å². The lowest BCUT2D eigenvalue weighted by Crippen LogP contribution is -2.57. The number of amides is 4. The van der Waals surface area contributed by atoms with Crippen molar-refractivity contribution in [1.29, 1.82) is 0 Å². The Morgan fingerprint density at radius 3 is 2.31 bits per heavy atom. The number of hydrogen-bond donors (Lipinski definition) is 1. The molecule has 0 aliphatic carbocycles. The van der Waals surface area contributed by atoms with Crippen molar-refractivity contribution in [3.8, 4) is 0 Å². The van der Waals surface area contributed by atoms with Crippen molar-refractivity contribution < 1.29 is 28.7 Å². The summed E-state index contributed by atoms with van der Waals surface area (Å²) in [6, 6.07) is 4.30. The van der Waals surface area contributed by atoms with Crippen LogP contribution in [0, 0.1) is 5.92 Å². The quantitative estimate of drug-likeness (QED) is 0.548. The predicted molar refractivity (Wildman–Crippen MR) is 100 cm³/mol. The highest BCUT2D eigenvalue weighted by Gasteiger charge is 2.47. The van der Waals surface area contributed by atoms with Crippen LogP contribution in [-0.4, -0.2) is 58.2 Å². The third-order valence-corrected chi connectivity index (χ3v) is 5.49. The zero-order valence-corrected chi connectivity index (χ0v) is 16.3. The topological polar surface area (TPSA) is 127 Å². The van der Waals surface area contributed by atoms with E-state index in [1.165, 1.54) is 12.1 Å². The smallest absolute Gasteiger partial charge is 0.324 e. The van der Waals surface area contributed by atoms with Crippen molar-refractivity contribution in [2.45, 2.75) is 45.2 Å². The number of piperidine rings is 1. The summed E-state index contributed by atoms with van der Waals surface area (Å²) in [5.74, 6) is -3.28. The van der Waals surface area contributed by atoms with Gasteiger partial charge in [-0.3, -0.25) is 28.9 Å². The molecule has 0 spiro atoms. The fourth-order valence-corrected chi connectivity index (χ4v) is 3.40. The molecule has 3 unspecified atom stereocenters. The van der Waals surface area contributed by atoms with Crippen LogP contribution in [0.1, 0.15) is 53.8 Å². The van der Waals surface area contributed by atoms with E-state index >= 15 is 0 Å². The zero-order valence-electron chi connectivity index (χ0n) is 16.3. The highest BCUT2D eigenvalue weighted by atomic mass is 16.5. The fraction of sp³-hybridized carbons (Fsp3) is 0.450. The maximum Gasteiger partial charge on any atom is 0.324 e. The molecule has 2 aliphatic heterocycles. The number of nitrogens with two attached hydrogens (primary N) is 1. The highest BCUT2D eigenvalue weighted by molar-refractivity contribution is 6.23. The van der Waals surface area contributed by atoms with Gasteiger partial charge in [0.15, 0.2) is 6.73 Å². The summed E-state index contributed by atoms with van der Waals surface area (Å²) in [7, 11) is 0. The van der Waals surface area contributed by atoms with Crippen LogP contribution in [0.25, 0.3) is 0 Å². The number of ether oxygens (including phenoxy) is 1. The molecular formula is C20H23N3O6. The third-order valence-electron chi connectivity index (χ3n) is 5.49. The second kappa shape index (κ2) is 8.12. The Balaban J connectivity index is 1.73. The Hall–Kier alpha value is -3.07. The van der Waals surface area contributed by atoms with Crippen molar-refractivity contribution in [2.24, 2.45) is 11.7 Å². The lowest BCUT2D eigenvalue weighted by atomic mass is 10.0. The van der Waals surface area contributed by atoms with E-state index < -0.39 is 48.4 Å². The molecule has 2 N–H and O–H groups in total. The summed E-state index contributed by atoms with van der Waals surface area (Å²) >= 11 is 0. The highest BCUT2D eigenvalue weighted by Crippen LogP contribution is 2.29. The van der Waals surface area contributed by atoms with Gasteiger partial charge < -0.3 is 10.5 Å². The first-order chi connectivity index (χ1) is 13.8. The average Bonchev–Trinajstić information content (AvgIpc) is 2.97. The number of hydrogen-bond acceptors (Lipinski definition) is 7. The Labute approximate surface area is 167 Å². The minimum Gasteiger partial charge on any atom is -0.443 e. The van der Waals surface area contributed by atoms with Gasteiger partial charge in [0.1, 0.15) is 12.1 Å². The number of esters is 1. The molecule has 4 amide bonds. The van der Waals surface area contributed by atoms with E-state index in [0.29, 0.717) is 6.42 Å². The maximum absolute atomic E-state index is 12.9. The van der Waals surface area contributed by atoms with Crippen molar-refractivity contribution in [3.05, 3.63) is 35.4 Å². The normalized spacial score (nSPS) is 21.3. The van der Waals surface area contributed by atoms with Crippen LogP contribution in [0.4, 0.5) is 0 Å². The first-order valence-corrected chi connectivity index (χ1v) is 9.51. The molecule has 1 fully saturated rings. The van der Waals surface area contributed by atoms with Gasteiger partial charge in [0.2, 0.25) is 5.91 Å². The van der Waals surface area contributed by atoms with E-state index in [9.17, 15) is 24.0 Å². The van der Waals surface area contributed by atoms with Crippen LogP contribution in [0.2, 0.25) is 0 Å². The third kappa shape index (κ3) is 3.65. The summed E-state index contributed by atoms with van der Waals surface area (Å²) in [5.41, 5.74) is 6.25. The Morgan fingerprint density at radius 2 is 1.76 bits per heavy atom. The first kappa shape index (κ1) is 20.7. The summed E-state index contributed by atoms with van der Waals surface area (Å²) in [6.45, 7) is 3.07. The summed E-state index contributed by atoms with van der Waals surface area (Å²) < 4.78 is 5.07. The van der Waals surface area contributed by atoms with Gasteiger partial charge in [-0.05, 0) is 24.5 Å². The molecule has 1 saturated heterocycles. The average molecular weight is 401 g/mol. The van der Waals surface area contributed by atoms with E-state index in [0.717, 1.165) is 9.80 Å². The lowest BCUT2D eigenvalue weighted by molar-refractivity contribution is -0.164. The molecule has 154 valence electrons. The van der Waals surface area contributed by atoms with E-state index in [2.05, 4.69) is 0 Å². The first-order valence-electron chi connectivity index (χ1n) is 9.51. The lowest BCUT2D eigenvalue weighted by Gasteiger charge is -2.34. The van der Waals surface area contributed by atoms with Gasteiger partial charge in [0.25, 0.3) is 17.7 Å². The van der Waals surface area contributed by atoms with Crippen LogP contribution in [0.5, 0.6) is 0 Å². The molecule has 2 heterocycles. The Kier molecular flexibility index (Phi) is 5.78. The van der Waals surface area contributed by atoms with Gasteiger partial charge in [-0.25, -0.2) is 4.90 Å². The van der Waals surface area contributed by atoms with Gasteiger partial charge in [0, 0.05) is 6.42 Å². The second-order valence-electron chi connectivity index (χ2n) is 7.24. The standard InChI is InChI=1S/C20H23N3O6/c1-3-11(2)16(21)20(28)29-10-22-15(24)9-8-14(19(22)27)23-17(25)12-6-4-5-7-13(12)18(23)26/h4-7,11,14,16H,3,8-10,21H2,1-2H3. The number of carbonyl (C=O) groups is 5. The number of fused-ring (bicyclic) bond motifs is 1. The Bertz CT molecular complexity index is 848. The maximum atomic E-state index is 12.9. The van der Waals surface area contributed by atoms with E-state index in [1.54, 1.807) is 19.1 Å². The summed E-state index contributed by atoms with van der Waals surface area (Å²) in [6.07, 6.45) is 0.637. The molecule has 1 aromatic rings. The van der Waals surface area contributed by atoms with Crippen LogP contribution in [-0.2, 0) is 19.1 Å². The SMILES string of the molecule is CCC(C)C(N)C(=O)OCN1C(=O)CCC(N2C(=O)c3ccccc3C2=O)C1=O. The van der Waals surface area contributed by atoms with E-state index in [-0.39, 0.29) is 29.9 Å². The van der Waals surface area contributed by atoms with Crippen LogP contribution in [0.3, 0.4) is 0 Å². The van der Waals surface area contributed by atoms with Crippen molar-refractivity contribution in [1.82, 2.24) is 9.80 Å². The monoisotopic (exact) mass is 401 g/mol. The number of carbonyl (C=O) groups excluding carboxylic acids is 5. The fourth-order valence-electron chi connectivity index (χ4n) is 3.40. The van der Waals surface area contributed by atoms with Crippen molar-refractivity contribution >= 4 is 29.6 Å². The number of benzene rings is 1. The molecule has 2 aliphatic rings. The molecule has 0 saturated carbocycles. The van der Waals surface area contributed by atoms with E-state index in [4.69, 9.17) is 10.5 Å². The molecule has 3 rings (SSSR count). The molecule has 0 bridgehead atoms. The second-order valence-corrected chi connectivity index (χ2v) is 7.24. The molecule has 0 radical (unpaired) electrons. The molecule has 9 heteroatoms. The van der Waals surface area contributed by atoms with Gasteiger partial charge in [0.05, 0.1) is 11.1 Å². The van der Waals surface area contributed by atoms with Gasteiger partial charge in [-0.2, -0.15) is 0 Å².